The van der Waals surface area contributed by atoms with Crippen molar-refractivity contribution in [3.8, 4) is 0 Å². The summed E-state index contributed by atoms with van der Waals surface area (Å²) in [6, 6.07) is 4.01. The molecule has 0 N–H and O–H groups in total. The van der Waals surface area contributed by atoms with Crippen LogP contribution in [-0.2, 0) is 24.9 Å². The number of amides is 1. The lowest BCUT2D eigenvalue weighted by atomic mass is 9.79. The molecule has 0 aromatic carbocycles. The van der Waals surface area contributed by atoms with Crippen LogP contribution in [0.1, 0.15) is 42.5 Å². The minimum Gasteiger partial charge on any atom is -0.338 e. The van der Waals surface area contributed by atoms with Crippen molar-refractivity contribution >= 4 is 5.91 Å². The summed E-state index contributed by atoms with van der Waals surface area (Å²) in [6.07, 6.45) is 9.79. The fourth-order valence-electron chi connectivity index (χ4n) is 4.67. The van der Waals surface area contributed by atoms with Gasteiger partial charge in [0.25, 0.3) is 0 Å². The monoisotopic (exact) mass is 367 g/mol. The Bertz CT molecular complexity index is 802. The van der Waals surface area contributed by atoms with Crippen molar-refractivity contribution in [2.45, 2.75) is 45.7 Å². The SMILES string of the molecule is Cc1nn(C)cc1CN1CCC[C@]2(CC1)CCN(Cc1ccncc1)C2=O. The summed E-state index contributed by atoms with van der Waals surface area (Å²) in [5.74, 6) is 0.360. The lowest BCUT2D eigenvalue weighted by Crippen LogP contribution is -2.35. The Kier molecular flexibility index (Phi) is 5.00. The summed E-state index contributed by atoms with van der Waals surface area (Å²) in [4.78, 5) is 21.9. The van der Waals surface area contributed by atoms with E-state index in [-0.39, 0.29) is 5.41 Å². The first-order valence-corrected chi connectivity index (χ1v) is 9.95. The summed E-state index contributed by atoms with van der Waals surface area (Å²) >= 11 is 0. The van der Waals surface area contributed by atoms with Gasteiger partial charge >= 0.3 is 0 Å². The van der Waals surface area contributed by atoms with Crippen molar-refractivity contribution in [1.29, 1.82) is 0 Å². The van der Waals surface area contributed by atoms with E-state index < -0.39 is 0 Å². The highest BCUT2D eigenvalue weighted by atomic mass is 16.2. The second-order valence-electron chi connectivity index (χ2n) is 8.16. The molecule has 27 heavy (non-hydrogen) atoms. The molecule has 144 valence electrons. The number of carbonyl (C=O) groups excluding carboxylic acids is 1. The number of aromatic nitrogens is 3. The van der Waals surface area contributed by atoms with Crippen LogP contribution in [0.2, 0.25) is 0 Å². The van der Waals surface area contributed by atoms with E-state index in [1.54, 1.807) is 12.4 Å². The van der Waals surface area contributed by atoms with Gasteiger partial charge in [0.05, 0.1) is 11.1 Å². The predicted octanol–water partition coefficient (Wildman–Crippen LogP) is 2.53. The lowest BCUT2D eigenvalue weighted by Gasteiger charge is -2.27. The van der Waals surface area contributed by atoms with Crippen molar-refractivity contribution < 1.29 is 4.79 Å². The van der Waals surface area contributed by atoms with Crippen LogP contribution in [0.4, 0.5) is 0 Å². The summed E-state index contributed by atoms with van der Waals surface area (Å²) in [5.41, 5.74) is 3.42. The number of carbonyl (C=O) groups is 1. The maximum Gasteiger partial charge on any atom is 0.229 e. The van der Waals surface area contributed by atoms with Crippen molar-refractivity contribution in [2.24, 2.45) is 12.5 Å². The van der Waals surface area contributed by atoms with E-state index in [0.717, 1.165) is 63.1 Å². The number of hydrogen-bond donors (Lipinski definition) is 0. The predicted molar refractivity (Wildman–Crippen MR) is 104 cm³/mol. The molecular weight excluding hydrogens is 338 g/mol. The molecule has 4 heterocycles. The Morgan fingerprint density at radius 2 is 1.85 bits per heavy atom. The summed E-state index contributed by atoms with van der Waals surface area (Å²) in [5, 5.41) is 4.46. The molecule has 6 nitrogen and oxygen atoms in total. The maximum atomic E-state index is 13.2. The molecule has 4 rings (SSSR count). The highest BCUT2D eigenvalue weighted by Gasteiger charge is 2.46. The van der Waals surface area contributed by atoms with Crippen LogP contribution >= 0.6 is 0 Å². The summed E-state index contributed by atoms with van der Waals surface area (Å²) < 4.78 is 1.89. The van der Waals surface area contributed by atoms with Crippen molar-refractivity contribution in [3.63, 3.8) is 0 Å². The van der Waals surface area contributed by atoms with Gasteiger partial charge in [-0.05, 0) is 63.4 Å². The normalized spacial score (nSPS) is 23.9. The minimum atomic E-state index is -0.147. The molecule has 2 aliphatic heterocycles. The van der Waals surface area contributed by atoms with E-state index in [9.17, 15) is 4.79 Å². The molecule has 0 bridgehead atoms. The molecule has 2 aromatic heterocycles. The molecule has 2 aliphatic rings. The van der Waals surface area contributed by atoms with Crippen LogP contribution < -0.4 is 0 Å². The van der Waals surface area contributed by atoms with Gasteiger partial charge in [0.15, 0.2) is 0 Å². The zero-order valence-corrected chi connectivity index (χ0v) is 16.4. The van der Waals surface area contributed by atoms with E-state index in [1.807, 2.05) is 23.9 Å². The second kappa shape index (κ2) is 7.43. The third-order valence-electron chi connectivity index (χ3n) is 6.27. The average Bonchev–Trinajstić information content (AvgIpc) is 3.04. The van der Waals surface area contributed by atoms with Crippen molar-refractivity contribution in [3.05, 3.63) is 47.5 Å². The highest BCUT2D eigenvalue weighted by Crippen LogP contribution is 2.42. The van der Waals surface area contributed by atoms with Gasteiger partial charge in [0, 0.05) is 50.8 Å². The van der Waals surface area contributed by atoms with Gasteiger partial charge in [0.2, 0.25) is 5.91 Å². The van der Waals surface area contributed by atoms with Gasteiger partial charge in [-0.3, -0.25) is 19.4 Å². The van der Waals surface area contributed by atoms with Crippen LogP contribution in [0.25, 0.3) is 0 Å². The van der Waals surface area contributed by atoms with Crippen LogP contribution in [0.5, 0.6) is 0 Å². The molecule has 1 spiro atoms. The fraction of sp³-hybridized carbons (Fsp3) is 0.571. The largest absolute Gasteiger partial charge is 0.338 e. The van der Waals surface area contributed by atoms with Crippen LogP contribution in [0.15, 0.2) is 30.7 Å². The molecule has 2 aromatic rings. The molecule has 0 radical (unpaired) electrons. The third kappa shape index (κ3) is 3.76. The number of rotatable bonds is 4. The number of nitrogens with zero attached hydrogens (tertiary/aromatic N) is 5. The number of hydrogen-bond acceptors (Lipinski definition) is 4. The quantitative estimate of drug-likeness (QED) is 0.833. The van der Waals surface area contributed by atoms with E-state index in [1.165, 1.54) is 5.56 Å². The first-order valence-electron chi connectivity index (χ1n) is 9.95. The topological polar surface area (TPSA) is 54.3 Å². The average molecular weight is 367 g/mol. The minimum absolute atomic E-state index is 0.147. The van der Waals surface area contributed by atoms with Crippen molar-refractivity contribution in [1.82, 2.24) is 24.6 Å². The molecule has 6 heteroatoms. The molecule has 2 fully saturated rings. The third-order valence-corrected chi connectivity index (χ3v) is 6.27. The highest BCUT2D eigenvalue weighted by molar-refractivity contribution is 5.84. The Labute approximate surface area is 161 Å². The molecule has 0 unspecified atom stereocenters. The molecule has 0 saturated carbocycles. The van der Waals surface area contributed by atoms with Crippen molar-refractivity contribution in [2.75, 3.05) is 19.6 Å². The van der Waals surface area contributed by atoms with E-state index in [2.05, 4.69) is 33.0 Å². The lowest BCUT2D eigenvalue weighted by molar-refractivity contribution is -0.137. The molecule has 0 aliphatic carbocycles. The molecule has 2 saturated heterocycles. The zero-order valence-electron chi connectivity index (χ0n) is 16.4. The molecular formula is C21H29N5O. The van der Waals surface area contributed by atoms with Gasteiger partial charge in [-0.25, -0.2) is 0 Å². The first-order chi connectivity index (χ1) is 13.1. The van der Waals surface area contributed by atoms with Gasteiger partial charge in [-0.15, -0.1) is 0 Å². The van der Waals surface area contributed by atoms with E-state index in [4.69, 9.17) is 0 Å². The molecule has 1 amide bonds. The Morgan fingerprint density at radius 3 is 2.59 bits per heavy atom. The fourth-order valence-corrected chi connectivity index (χ4v) is 4.67. The summed E-state index contributed by atoms with van der Waals surface area (Å²) in [6.45, 7) is 6.65. The standard InChI is InChI=1S/C21H29N5O/c1-17-19(15-24(2)23-17)16-25-11-3-6-21(7-12-25)8-13-26(20(21)27)14-18-4-9-22-10-5-18/h4-5,9-10,15H,3,6-8,11-14,16H2,1-2H3/t21-/m0/s1. The Hall–Kier alpha value is -2.21. The number of aryl methyl sites for hydroxylation is 2. The number of likely N-dealkylation sites (tertiary alicyclic amines) is 2. The zero-order chi connectivity index (χ0) is 18.9. The molecule has 1 atom stereocenters. The van der Waals surface area contributed by atoms with Gasteiger partial charge < -0.3 is 4.90 Å². The van der Waals surface area contributed by atoms with Crippen LogP contribution in [0.3, 0.4) is 0 Å². The number of pyridine rings is 1. The van der Waals surface area contributed by atoms with E-state index in [0.29, 0.717) is 12.5 Å². The van der Waals surface area contributed by atoms with Gasteiger partial charge in [-0.2, -0.15) is 5.10 Å². The second-order valence-corrected chi connectivity index (χ2v) is 8.16. The first kappa shape index (κ1) is 18.2. The van der Waals surface area contributed by atoms with Crippen LogP contribution in [0, 0.1) is 12.3 Å². The Morgan fingerprint density at radius 1 is 1.07 bits per heavy atom. The van der Waals surface area contributed by atoms with Crippen LogP contribution in [-0.4, -0.2) is 50.1 Å². The van der Waals surface area contributed by atoms with Gasteiger partial charge in [-0.1, -0.05) is 0 Å². The van der Waals surface area contributed by atoms with E-state index >= 15 is 0 Å². The Balaban J connectivity index is 1.40. The van der Waals surface area contributed by atoms with Gasteiger partial charge in [0.1, 0.15) is 0 Å². The maximum absolute atomic E-state index is 13.2. The summed E-state index contributed by atoms with van der Waals surface area (Å²) in [7, 11) is 1.97. The smallest absolute Gasteiger partial charge is 0.229 e.